The molecule has 1 aliphatic carbocycles. The van der Waals surface area contributed by atoms with Crippen LogP contribution in [0.15, 0.2) is 35.4 Å². The minimum atomic E-state index is -1.12. The number of esters is 1. The van der Waals surface area contributed by atoms with Crippen molar-refractivity contribution in [2.24, 2.45) is 0 Å². The Balaban J connectivity index is 2.88. The van der Waals surface area contributed by atoms with E-state index in [0.29, 0.717) is 12.5 Å². The van der Waals surface area contributed by atoms with Gasteiger partial charge in [-0.25, -0.2) is 9.18 Å². The highest BCUT2D eigenvalue weighted by atomic mass is 79.9. The quantitative estimate of drug-likeness (QED) is 0.285. The number of carbonyl (C=O) groups is 2. The Kier molecular flexibility index (Phi) is 4.62. The summed E-state index contributed by atoms with van der Waals surface area (Å²) in [6, 6.07) is 0. The van der Waals surface area contributed by atoms with Gasteiger partial charge < -0.3 is 9.84 Å². The topological polar surface area (TPSA) is 63.6 Å². The van der Waals surface area contributed by atoms with E-state index >= 15 is 0 Å². The molecule has 6 heteroatoms. The number of rotatable bonds is 3. The molecule has 0 bridgehead atoms. The van der Waals surface area contributed by atoms with Crippen LogP contribution in [0.25, 0.3) is 0 Å². The third-order valence-electron chi connectivity index (χ3n) is 2.06. The number of alkyl halides is 1. The van der Waals surface area contributed by atoms with E-state index in [1.54, 1.807) is 0 Å². The standard InChI is InChI=1S/C11H10BrFO4/c1-17-11(16)10(15)5-9(14)7-3-2-6(12)4-8(7)13/h3-6,14H,2H2,1H3/b9-5-. The molecule has 0 saturated heterocycles. The zero-order valence-corrected chi connectivity index (χ0v) is 10.5. The normalized spacial score (nSPS) is 20.4. The summed E-state index contributed by atoms with van der Waals surface area (Å²) in [4.78, 5) is 21.8. The van der Waals surface area contributed by atoms with Crippen molar-refractivity contribution in [1.82, 2.24) is 0 Å². The molecule has 0 fully saturated rings. The van der Waals surface area contributed by atoms with Crippen molar-refractivity contribution in [3.8, 4) is 0 Å². The fourth-order valence-electron chi connectivity index (χ4n) is 1.23. The Bertz CT molecular complexity index is 437. The van der Waals surface area contributed by atoms with Crippen molar-refractivity contribution < 1.29 is 23.8 Å². The van der Waals surface area contributed by atoms with E-state index in [9.17, 15) is 19.1 Å². The average Bonchev–Trinajstić information content (AvgIpc) is 2.27. The smallest absolute Gasteiger partial charge is 0.378 e. The number of carbonyl (C=O) groups excluding carboxylic acids is 2. The molecular weight excluding hydrogens is 295 g/mol. The van der Waals surface area contributed by atoms with Crippen LogP contribution in [0.4, 0.5) is 4.39 Å². The van der Waals surface area contributed by atoms with Gasteiger partial charge in [-0.3, -0.25) is 4.79 Å². The zero-order valence-electron chi connectivity index (χ0n) is 8.94. The summed E-state index contributed by atoms with van der Waals surface area (Å²) in [6.45, 7) is 0. The molecule has 0 radical (unpaired) electrons. The lowest BCUT2D eigenvalue weighted by Gasteiger charge is -2.12. The molecule has 0 aromatic carbocycles. The summed E-state index contributed by atoms with van der Waals surface area (Å²) >= 11 is 3.19. The Labute approximate surface area is 106 Å². The van der Waals surface area contributed by atoms with Gasteiger partial charge in [-0.2, -0.15) is 0 Å². The first kappa shape index (κ1) is 13.6. The van der Waals surface area contributed by atoms with Crippen molar-refractivity contribution in [3.63, 3.8) is 0 Å². The number of methoxy groups -OCH3 is 1. The van der Waals surface area contributed by atoms with Gasteiger partial charge in [-0.15, -0.1) is 0 Å². The van der Waals surface area contributed by atoms with Crippen molar-refractivity contribution >= 4 is 27.7 Å². The van der Waals surface area contributed by atoms with Crippen LogP contribution in [0.3, 0.4) is 0 Å². The molecular formula is C11H10BrFO4. The molecule has 0 amide bonds. The number of halogens is 2. The number of aliphatic hydroxyl groups is 1. The summed E-state index contributed by atoms with van der Waals surface area (Å²) in [5.41, 5.74) is -0.0991. The van der Waals surface area contributed by atoms with E-state index < -0.39 is 23.3 Å². The van der Waals surface area contributed by atoms with Gasteiger partial charge in [0.2, 0.25) is 0 Å². The number of aliphatic hydroxyl groups excluding tert-OH is 1. The second kappa shape index (κ2) is 5.77. The van der Waals surface area contributed by atoms with E-state index in [1.807, 2.05) is 0 Å². The highest BCUT2D eigenvalue weighted by Crippen LogP contribution is 2.27. The molecule has 0 aromatic heterocycles. The van der Waals surface area contributed by atoms with Gasteiger partial charge in [0.25, 0.3) is 5.78 Å². The molecule has 1 aliphatic rings. The van der Waals surface area contributed by atoms with E-state index in [4.69, 9.17) is 0 Å². The van der Waals surface area contributed by atoms with Gasteiger partial charge in [-0.05, 0) is 12.5 Å². The Morgan fingerprint density at radius 3 is 2.82 bits per heavy atom. The Hall–Kier alpha value is -1.43. The van der Waals surface area contributed by atoms with Gasteiger partial charge in [0.05, 0.1) is 7.11 Å². The monoisotopic (exact) mass is 304 g/mol. The Morgan fingerprint density at radius 1 is 1.65 bits per heavy atom. The zero-order chi connectivity index (χ0) is 13.0. The number of ether oxygens (including phenoxy) is 1. The molecule has 0 spiro atoms. The van der Waals surface area contributed by atoms with Crippen LogP contribution in [0.1, 0.15) is 6.42 Å². The fourth-order valence-corrected chi connectivity index (χ4v) is 1.65. The number of allylic oxidation sites excluding steroid dienone is 3. The molecule has 4 nitrogen and oxygen atoms in total. The van der Waals surface area contributed by atoms with E-state index in [1.165, 1.54) is 12.2 Å². The molecule has 0 saturated carbocycles. The third kappa shape index (κ3) is 3.52. The molecule has 1 unspecified atom stereocenters. The number of hydrogen-bond donors (Lipinski definition) is 1. The lowest BCUT2D eigenvalue weighted by Crippen LogP contribution is -2.14. The van der Waals surface area contributed by atoms with Crippen LogP contribution < -0.4 is 0 Å². The first-order chi connectivity index (χ1) is 7.95. The maximum Gasteiger partial charge on any atom is 0.378 e. The minimum Gasteiger partial charge on any atom is -0.507 e. The highest BCUT2D eigenvalue weighted by Gasteiger charge is 2.19. The van der Waals surface area contributed by atoms with E-state index in [2.05, 4.69) is 20.7 Å². The summed E-state index contributed by atoms with van der Waals surface area (Å²) in [6.07, 6.45) is 3.82. The highest BCUT2D eigenvalue weighted by molar-refractivity contribution is 9.09. The molecule has 1 rings (SSSR count). The third-order valence-corrected chi connectivity index (χ3v) is 2.70. The lowest BCUT2D eigenvalue weighted by molar-refractivity contribution is -0.149. The fraction of sp³-hybridized carbons (Fsp3) is 0.273. The Morgan fingerprint density at radius 2 is 2.29 bits per heavy atom. The average molecular weight is 305 g/mol. The second-order valence-electron chi connectivity index (χ2n) is 3.27. The van der Waals surface area contributed by atoms with Crippen LogP contribution in [-0.2, 0) is 14.3 Å². The first-order valence-corrected chi connectivity index (χ1v) is 5.62. The van der Waals surface area contributed by atoms with Crippen molar-refractivity contribution in [2.75, 3.05) is 7.11 Å². The molecule has 0 heterocycles. The summed E-state index contributed by atoms with van der Waals surface area (Å²) in [5, 5.41) is 9.51. The lowest BCUT2D eigenvalue weighted by atomic mass is 10.0. The van der Waals surface area contributed by atoms with Gasteiger partial charge in [-0.1, -0.05) is 22.0 Å². The SMILES string of the molecule is COC(=O)C(=O)/C=C(\O)C1=CCC(Br)C=C1F. The summed E-state index contributed by atoms with van der Waals surface area (Å²) < 4.78 is 17.6. The maximum atomic E-state index is 13.4. The summed E-state index contributed by atoms with van der Waals surface area (Å²) in [7, 11) is 1.04. The first-order valence-electron chi connectivity index (χ1n) is 4.71. The van der Waals surface area contributed by atoms with Crippen LogP contribution in [0.2, 0.25) is 0 Å². The van der Waals surface area contributed by atoms with Gasteiger partial charge >= 0.3 is 5.97 Å². The second-order valence-corrected chi connectivity index (χ2v) is 4.45. The van der Waals surface area contributed by atoms with Crippen LogP contribution >= 0.6 is 15.9 Å². The van der Waals surface area contributed by atoms with Gasteiger partial charge in [0.15, 0.2) is 0 Å². The molecule has 17 heavy (non-hydrogen) atoms. The van der Waals surface area contributed by atoms with Crippen LogP contribution in [0.5, 0.6) is 0 Å². The van der Waals surface area contributed by atoms with Crippen molar-refractivity contribution in [2.45, 2.75) is 11.2 Å². The number of ketones is 1. The van der Waals surface area contributed by atoms with Gasteiger partial charge in [0.1, 0.15) is 11.6 Å². The van der Waals surface area contributed by atoms with E-state index in [0.717, 1.165) is 7.11 Å². The minimum absolute atomic E-state index is 0.0991. The van der Waals surface area contributed by atoms with Crippen molar-refractivity contribution in [3.05, 3.63) is 35.4 Å². The van der Waals surface area contributed by atoms with Crippen LogP contribution in [-0.4, -0.2) is 28.8 Å². The molecule has 1 N–H and O–H groups in total. The molecule has 0 aliphatic heterocycles. The van der Waals surface area contributed by atoms with Gasteiger partial charge in [0, 0.05) is 16.5 Å². The van der Waals surface area contributed by atoms with E-state index in [-0.39, 0.29) is 10.4 Å². The summed E-state index contributed by atoms with van der Waals surface area (Å²) in [5.74, 6) is -3.39. The van der Waals surface area contributed by atoms with Crippen molar-refractivity contribution in [1.29, 1.82) is 0 Å². The predicted octanol–water partition coefficient (Wildman–Crippen LogP) is 2.12. The molecule has 0 aromatic rings. The number of hydrogen-bond acceptors (Lipinski definition) is 4. The van der Waals surface area contributed by atoms with Crippen LogP contribution in [0, 0.1) is 0 Å². The predicted molar refractivity (Wildman–Crippen MR) is 62.3 cm³/mol. The maximum absolute atomic E-state index is 13.4. The molecule has 1 atom stereocenters. The molecule has 92 valence electrons. The largest absolute Gasteiger partial charge is 0.507 e.